The van der Waals surface area contributed by atoms with E-state index in [9.17, 15) is 13.2 Å². The lowest BCUT2D eigenvalue weighted by Crippen LogP contribution is -2.19. The first kappa shape index (κ1) is 8.18. The number of carbonyl (C=O) groups is 1. The Labute approximate surface area is 51.9 Å². The van der Waals surface area contributed by atoms with E-state index in [0.29, 0.717) is 0 Å². The van der Waals surface area contributed by atoms with Crippen molar-refractivity contribution in [3.63, 3.8) is 0 Å². The predicted octanol–water partition coefficient (Wildman–Crippen LogP) is -1.03. The largest absolute Gasteiger partial charge is 0.452 e. The first-order valence-corrected chi connectivity index (χ1v) is 3.11. The van der Waals surface area contributed by atoms with Crippen molar-refractivity contribution in [3.05, 3.63) is 0 Å². The van der Waals surface area contributed by atoms with Gasteiger partial charge in [0, 0.05) is 0 Å². The Hall–Kier alpha value is -0.820. The molecule has 0 aliphatic carbocycles. The zero-order valence-corrected chi connectivity index (χ0v) is 5.34. The molecule has 0 spiro atoms. The number of hydrogen-bond donors (Lipinski definition) is 1. The molecule has 7 heteroatoms. The summed E-state index contributed by atoms with van der Waals surface area (Å²) in [5.41, 5.74) is 4.33. The van der Waals surface area contributed by atoms with E-state index in [1.807, 2.05) is 0 Å². The summed E-state index contributed by atoms with van der Waals surface area (Å²) in [6.07, 6.45) is -1.42. The van der Waals surface area contributed by atoms with E-state index in [1.54, 1.807) is 0 Å². The van der Waals surface area contributed by atoms with Gasteiger partial charge >= 0.3 is 16.5 Å². The summed E-state index contributed by atoms with van der Waals surface area (Å²) in [7, 11) is -3.35. The Bertz CT molecular complexity index is 193. The zero-order chi connectivity index (χ0) is 7.49. The molecule has 0 rings (SSSR count). The quantitative estimate of drug-likeness (QED) is 0.550. The Morgan fingerprint density at radius 1 is 1.56 bits per heavy atom. The molecule has 1 amide bonds. The van der Waals surface area contributed by atoms with Gasteiger partial charge in [-0.1, -0.05) is 0 Å². The van der Waals surface area contributed by atoms with Crippen LogP contribution >= 0.6 is 0 Å². The third-order valence-electron chi connectivity index (χ3n) is 0.388. The van der Waals surface area contributed by atoms with Gasteiger partial charge in [-0.15, -0.1) is 0 Å². The van der Waals surface area contributed by atoms with Crippen LogP contribution in [0.15, 0.2) is 0 Å². The average Bonchev–Trinajstić information content (AvgIpc) is 1.63. The van der Waals surface area contributed by atoms with Crippen LogP contribution in [-0.4, -0.2) is 21.6 Å². The van der Waals surface area contributed by atoms with Crippen molar-refractivity contribution < 1.29 is 21.6 Å². The van der Waals surface area contributed by atoms with E-state index < -0.39 is 16.5 Å². The highest BCUT2D eigenvalue weighted by Gasteiger charge is 2.11. The Morgan fingerprint density at radius 2 is 2.00 bits per heavy atom. The second-order valence-electron chi connectivity index (χ2n) is 0.977. The molecule has 9 heavy (non-hydrogen) atoms. The van der Waals surface area contributed by atoms with Crippen molar-refractivity contribution in [2.45, 2.75) is 0 Å². The van der Waals surface area contributed by atoms with Crippen LogP contribution in [0.3, 0.4) is 0 Å². The van der Waals surface area contributed by atoms with Crippen molar-refractivity contribution in [1.29, 1.82) is 0 Å². The molecule has 6 nitrogen and oxygen atoms in total. The van der Waals surface area contributed by atoms with Crippen molar-refractivity contribution >= 4 is 16.5 Å². The normalized spacial score (nSPS) is 10.8. The second kappa shape index (κ2) is 2.65. The summed E-state index contributed by atoms with van der Waals surface area (Å²) in [5.74, 6) is 0. The van der Waals surface area contributed by atoms with Crippen molar-refractivity contribution in [3.8, 4) is 0 Å². The number of rotatable bonds is 2. The van der Waals surface area contributed by atoms with Crippen LogP contribution in [0.5, 0.6) is 0 Å². The van der Waals surface area contributed by atoms with Crippen molar-refractivity contribution in [2.24, 2.45) is 5.73 Å². The summed E-state index contributed by atoms with van der Waals surface area (Å²) < 4.78 is 27.3. The van der Waals surface area contributed by atoms with E-state index in [1.165, 1.54) is 0 Å². The van der Waals surface area contributed by atoms with Crippen molar-refractivity contribution in [2.75, 3.05) is 7.11 Å². The van der Waals surface area contributed by atoms with Gasteiger partial charge in [-0.2, -0.15) is 8.42 Å². The molecular weight excluding hydrogens is 150 g/mol. The monoisotopic (exact) mass is 155 g/mol. The summed E-state index contributed by atoms with van der Waals surface area (Å²) in [6, 6.07) is 0. The average molecular weight is 155 g/mol. The SMILES string of the molecule is COS(=O)(=O)OC(N)=O. The number of carbonyl (C=O) groups excluding carboxylic acids is 1. The minimum atomic E-state index is -4.19. The molecule has 0 radical (unpaired) electrons. The first-order chi connectivity index (χ1) is 3.98. The second-order valence-corrected chi connectivity index (χ2v) is 2.29. The van der Waals surface area contributed by atoms with Crippen LogP contribution < -0.4 is 5.73 Å². The van der Waals surface area contributed by atoms with E-state index in [-0.39, 0.29) is 0 Å². The molecule has 0 bridgehead atoms. The highest BCUT2D eigenvalue weighted by molar-refractivity contribution is 7.82. The van der Waals surface area contributed by atoms with E-state index in [2.05, 4.69) is 14.1 Å². The van der Waals surface area contributed by atoms with Crippen molar-refractivity contribution in [1.82, 2.24) is 0 Å². The molecule has 0 aliphatic rings. The molecule has 0 aromatic rings. The number of hydrogen-bond acceptors (Lipinski definition) is 5. The van der Waals surface area contributed by atoms with Crippen LogP contribution in [0, 0.1) is 0 Å². The third kappa shape index (κ3) is 3.74. The minimum Gasteiger partial charge on any atom is -0.334 e. The Balaban J connectivity index is 4.06. The lowest BCUT2D eigenvalue weighted by atomic mass is 11.3. The van der Waals surface area contributed by atoms with E-state index >= 15 is 0 Å². The standard InChI is InChI=1S/C2H5NO5S/c1-7-9(5,6)8-2(3)4/h1H3,(H2,3,4). The number of primary amides is 1. The Morgan fingerprint density at radius 3 is 2.11 bits per heavy atom. The van der Waals surface area contributed by atoms with Crippen LogP contribution in [0.1, 0.15) is 0 Å². The zero-order valence-electron chi connectivity index (χ0n) is 4.53. The van der Waals surface area contributed by atoms with Gasteiger partial charge in [0.25, 0.3) is 0 Å². The highest BCUT2D eigenvalue weighted by Crippen LogP contribution is 1.90. The maximum atomic E-state index is 10.1. The number of amides is 1. The number of nitrogens with two attached hydrogens (primary N) is 1. The molecule has 0 aromatic heterocycles. The molecule has 0 aliphatic heterocycles. The molecule has 2 N–H and O–H groups in total. The molecule has 54 valence electrons. The molecule has 0 aromatic carbocycles. The fraction of sp³-hybridized carbons (Fsp3) is 0.500. The van der Waals surface area contributed by atoms with Crippen LogP contribution in [0.2, 0.25) is 0 Å². The summed E-state index contributed by atoms with van der Waals surface area (Å²) >= 11 is 0. The predicted molar refractivity (Wildman–Crippen MR) is 26.6 cm³/mol. The molecule has 0 unspecified atom stereocenters. The van der Waals surface area contributed by atoms with Gasteiger partial charge in [-0.05, 0) is 0 Å². The molecule has 0 heterocycles. The minimum absolute atomic E-state index is 0.846. The van der Waals surface area contributed by atoms with E-state index in [4.69, 9.17) is 0 Å². The summed E-state index contributed by atoms with van der Waals surface area (Å²) in [5, 5.41) is 0. The molecule has 0 atom stereocenters. The van der Waals surface area contributed by atoms with Crippen LogP contribution in [0.25, 0.3) is 0 Å². The highest BCUT2D eigenvalue weighted by atomic mass is 32.3. The van der Waals surface area contributed by atoms with Gasteiger partial charge in [0.05, 0.1) is 7.11 Å². The van der Waals surface area contributed by atoms with Gasteiger partial charge in [-0.3, -0.25) is 0 Å². The third-order valence-corrected chi connectivity index (χ3v) is 1.16. The van der Waals surface area contributed by atoms with Crippen LogP contribution in [0.4, 0.5) is 4.79 Å². The smallest absolute Gasteiger partial charge is 0.334 e. The molecule has 0 saturated heterocycles. The van der Waals surface area contributed by atoms with Gasteiger partial charge in [0.1, 0.15) is 0 Å². The van der Waals surface area contributed by atoms with E-state index in [0.717, 1.165) is 7.11 Å². The van der Waals surface area contributed by atoms with Crippen LogP contribution in [-0.2, 0) is 18.8 Å². The van der Waals surface area contributed by atoms with Gasteiger partial charge < -0.3 is 9.92 Å². The first-order valence-electron chi connectivity index (χ1n) is 1.77. The lowest BCUT2D eigenvalue weighted by molar-refractivity contribution is 0.201. The summed E-state index contributed by atoms with van der Waals surface area (Å²) in [6.45, 7) is 0. The maximum absolute atomic E-state index is 10.1. The Kier molecular flexibility index (Phi) is 2.41. The fourth-order valence-electron chi connectivity index (χ4n) is 0.135. The molecule has 0 saturated carbocycles. The van der Waals surface area contributed by atoms with Gasteiger partial charge in [-0.25, -0.2) is 8.98 Å². The summed E-state index contributed by atoms with van der Waals surface area (Å²) in [4.78, 5) is 9.71. The maximum Gasteiger partial charge on any atom is 0.452 e. The lowest BCUT2D eigenvalue weighted by Gasteiger charge is -1.95. The molecular formula is C2H5NO5S. The topological polar surface area (TPSA) is 95.7 Å². The van der Waals surface area contributed by atoms with Gasteiger partial charge in [0.15, 0.2) is 0 Å². The molecule has 0 fully saturated rings. The van der Waals surface area contributed by atoms with Gasteiger partial charge in [0.2, 0.25) is 0 Å². The fourth-order valence-corrected chi connectivity index (χ4v) is 0.404.